The quantitative estimate of drug-likeness (QED) is 0.561. The number of hydrogen-bond donors (Lipinski definition) is 2. The molecule has 3 atom stereocenters. The van der Waals surface area contributed by atoms with Gasteiger partial charge in [0.15, 0.2) is 11.2 Å². The Kier molecular flexibility index (Phi) is 5.21. The van der Waals surface area contributed by atoms with Gasteiger partial charge in [0.1, 0.15) is 0 Å². The topological polar surface area (TPSA) is 123 Å². The number of nitrogens with zero attached hydrogens (tertiary/aromatic N) is 3. The molecule has 3 N–H and O–H groups in total. The highest BCUT2D eigenvalue weighted by molar-refractivity contribution is 7.15. The molecule has 3 rings (SSSR count). The Balaban J connectivity index is 1.70. The number of hydrazine groups is 1. The van der Waals surface area contributed by atoms with Crippen LogP contribution in [0.3, 0.4) is 0 Å². The molecular weight excluding hydrogens is 356 g/mol. The van der Waals surface area contributed by atoms with Crippen LogP contribution in [0.5, 0.6) is 0 Å². The second-order valence-electron chi connectivity index (χ2n) is 6.17. The van der Waals surface area contributed by atoms with Gasteiger partial charge >= 0.3 is 5.97 Å². The van der Waals surface area contributed by atoms with Crippen LogP contribution in [0.1, 0.15) is 29.8 Å². The van der Waals surface area contributed by atoms with Crippen LogP contribution in [0.4, 0.5) is 5.13 Å². The normalized spacial score (nSPS) is 20.9. The Hall–Kier alpha value is -2.49. The number of rotatable bonds is 7. The van der Waals surface area contributed by atoms with Crippen LogP contribution in [0, 0.1) is 11.1 Å². The Morgan fingerprint density at radius 2 is 2.15 bits per heavy atom. The molecule has 1 amide bonds. The molecule has 1 fully saturated rings. The maximum Gasteiger partial charge on any atom is 0.328 e. The van der Waals surface area contributed by atoms with E-state index in [9.17, 15) is 19.9 Å². The first-order valence-corrected chi connectivity index (χ1v) is 8.99. The van der Waals surface area contributed by atoms with Gasteiger partial charge in [-0.05, 0) is 25.3 Å². The number of β-lactam (4-membered cyclic amide) rings is 1. The number of carbonyl (C=O) groups excluding carboxylic acids is 1. The summed E-state index contributed by atoms with van der Waals surface area (Å²) in [5.41, 5.74) is 6.29. The summed E-state index contributed by atoms with van der Waals surface area (Å²) in [7, 11) is 0. The molecule has 0 spiro atoms. The largest absolute Gasteiger partial charge is 0.767 e. The van der Waals surface area contributed by atoms with Gasteiger partial charge in [0.05, 0.1) is 5.92 Å². The predicted molar refractivity (Wildman–Crippen MR) is 96.7 cm³/mol. The van der Waals surface area contributed by atoms with E-state index in [1.54, 1.807) is 37.4 Å². The SMILES string of the molecule is C[C@H](c1ccccc1)N([O-])N1C(=O)[C@H](CCc2cnc(N)s2)[C@H]1C(=O)O. The first kappa shape index (κ1) is 18.3. The lowest BCUT2D eigenvalue weighted by atomic mass is 9.85. The molecule has 9 heteroatoms. The third kappa shape index (κ3) is 3.41. The molecule has 26 heavy (non-hydrogen) atoms. The van der Waals surface area contributed by atoms with E-state index < -0.39 is 29.9 Å². The van der Waals surface area contributed by atoms with Crippen molar-refractivity contribution in [2.24, 2.45) is 5.92 Å². The molecule has 1 aromatic heterocycles. The van der Waals surface area contributed by atoms with Gasteiger partial charge < -0.3 is 16.0 Å². The van der Waals surface area contributed by atoms with Gasteiger partial charge in [-0.25, -0.2) is 9.78 Å². The van der Waals surface area contributed by atoms with Crippen molar-refractivity contribution in [3.8, 4) is 0 Å². The summed E-state index contributed by atoms with van der Waals surface area (Å²) < 4.78 is 0. The third-order valence-electron chi connectivity index (χ3n) is 4.54. The number of nitrogen functional groups attached to an aromatic ring is 1. The number of aliphatic carboxylic acids is 1. The molecule has 138 valence electrons. The number of carbonyl (C=O) groups is 2. The average Bonchev–Trinajstić information content (AvgIpc) is 3.04. The maximum absolute atomic E-state index is 12.6. The summed E-state index contributed by atoms with van der Waals surface area (Å²) in [5.74, 6) is -2.37. The van der Waals surface area contributed by atoms with Gasteiger partial charge in [-0.1, -0.05) is 30.3 Å². The zero-order valence-corrected chi connectivity index (χ0v) is 14.9. The smallest absolute Gasteiger partial charge is 0.328 e. The van der Waals surface area contributed by atoms with E-state index in [1.165, 1.54) is 11.3 Å². The Morgan fingerprint density at radius 3 is 2.73 bits per heavy atom. The molecule has 0 saturated carbocycles. The summed E-state index contributed by atoms with van der Waals surface area (Å²) in [6.07, 6.45) is 2.45. The molecule has 0 aliphatic carbocycles. The summed E-state index contributed by atoms with van der Waals surface area (Å²) in [6.45, 7) is 1.64. The fourth-order valence-electron chi connectivity index (χ4n) is 3.09. The highest BCUT2D eigenvalue weighted by atomic mass is 32.1. The van der Waals surface area contributed by atoms with Gasteiger partial charge in [0, 0.05) is 17.1 Å². The number of carboxylic acid groups (broad SMARTS) is 1. The predicted octanol–water partition coefficient (Wildman–Crippen LogP) is 2.05. The highest BCUT2D eigenvalue weighted by Crippen LogP contribution is 2.36. The van der Waals surface area contributed by atoms with E-state index in [-0.39, 0.29) is 0 Å². The number of aryl methyl sites for hydroxylation is 1. The van der Waals surface area contributed by atoms with E-state index in [2.05, 4.69) is 4.98 Å². The monoisotopic (exact) mass is 375 g/mol. The summed E-state index contributed by atoms with van der Waals surface area (Å²) >= 11 is 1.31. The van der Waals surface area contributed by atoms with E-state index >= 15 is 0 Å². The van der Waals surface area contributed by atoms with Gasteiger partial charge in [0.25, 0.3) is 0 Å². The number of amides is 1. The van der Waals surface area contributed by atoms with E-state index in [0.717, 1.165) is 9.89 Å². The molecule has 1 saturated heterocycles. The first-order chi connectivity index (χ1) is 12.4. The van der Waals surface area contributed by atoms with E-state index in [1.807, 2.05) is 6.07 Å². The van der Waals surface area contributed by atoms with Gasteiger partial charge in [-0.2, -0.15) is 0 Å². The Labute approximate surface area is 154 Å². The van der Waals surface area contributed by atoms with Crippen molar-refractivity contribution in [1.29, 1.82) is 0 Å². The number of anilines is 1. The molecule has 0 unspecified atom stereocenters. The highest BCUT2D eigenvalue weighted by Gasteiger charge is 2.52. The lowest BCUT2D eigenvalue weighted by molar-refractivity contribution is -0.198. The molecule has 1 aliphatic rings. The number of aromatic nitrogens is 1. The fourth-order valence-corrected chi connectivity index (χ4v) is 3.79. The minimum absolute atomic E-state index is 0.335. The van der Waals surface area contributed by atoms with Crippen LogP contribution >= 0.6 is 11.3 Å². The van der Waals surface area contributed by atoms with Gasteiger partial charge in [-0.15, -0.1) is 11.3 Å². The molecule has 1 aliphatic heterocycles. The fraction of sp³-hybridized carbons (Fsp3) is 0.353. The molecule has 2 aromatic rings. The van der Waals surface area contributed by atoms with Crippen LogP contribution in [-0.2, 0) is 16.0 Å². The van der Waals surface area contributed by atoms with Crippen LogP contribution in [0.15, 0.2) is 36.5 Å². The Bertz CT molecular complexity index is 797. The number of thiazole rings is 1. The van der Waals surface area contributed by atoms with Crippen molar-refractivity contribution in [3.63, 3.8) is 0 Å². The minimum Gasteiger partial charge on any atom is -0.767 e. The number of hydroxylamine groups is 1. The number of nitrogens with two attached hydrogens (primary N) is 1. The molecule has 0 radical (unpaired) electrons. The minimum atomic E-state index is -1.18. The lowest BCUT2D eigenvalue weighted by Gasteiger charge is -2.55. The van der Waals surface area contributed by atoms with E-state index in [0.29, 0.717) is 28.7 Å². The van der Waals surface area contributed by atoms with Crippen molar-refractivity contribution < 1.29 is 14.7 Å². The maximum atomic E-state index is 12.6. The number of hydrogen-bond acceptors (Lipinski definition) is 7. The standard InChI is InChI=1S/C17H19N4O4S/c1-10(11-5-3-2-4-6-11)21(25)20-14(16(23)24)13(15(20)22)8-7-12-9-19-17(18)26-12/h2-6,9-10,13-14H,7-8H2,1H3,(H2,18,19)(H,23,24)/q-1/t10-,13-,14+/m1/s1. The molecule has 8 nitrogen and oxygen atoms in total. The van der Waals surface area contributed by atoms with Crippen LogP contribution < -0.4 is 5.73 Å². The summed E-state index contributed by atoms with van der Waals surface area (Å²) in [5, 5.41) is 23.8. The van der Waals surface area contributed by atoms with Crippen molar-refractivity contribution in [3.05, 3.63) is 52.2 Å². The lowest BCUT2D eigenvalue weighted by Crippen LogP contribution is -2.68. The van der Waals surface area contributed by atoms with Crippen LogP contribution in [0.25, 0.3) is 0 Å². The van der Waals surface area contributed by atoms with E-state index in [4.69, 9.17) is 5.73 Å². The van der Waals surface area contributed by atoms with Crippen molar-refractivity contribution in [2.45, 2.75) is 31.8 Å². The third-order valence-corrected chi connectivity index (χ3v) is 5.43. The van der Waals surface area contributed by atoms with Crippen molar-refractivity contribution in [2.75, 3.05) is 5.73 Å². The molecule has 0 bridgehead atoms. The first-order valence-electron chi connectivity index (χ1n) is 8.17. The zero-order valence-electron chi connectivity index (χ0n) is 14.1. The average molecular weight is 375 g/mol. The van der Waals surface area contributed by atoms with Crippen molar-refractivity contribution in [1.82, 2.24) is 15.2 Å². The van der Waals surface area contributed by atoms with Crippen molar-refractivity contribution >= 4 is 28.3 Å². The Morgan fingerprint density at radius 1 is 1.46 bits per heavy atom. The van der Waals surface area contributed by atoms with Crippen LogP contribution in [-0.4, -0.2) is 38.2 Å². The van der Waals surface area contributed by atoms with Gasteiger partial charge in [0.2, 0.25) is 5.91 Å². The van der Waals surface area contributed by atoms with Crippen LogP contribution in [0.2, 0.25) is 0 Å². The van der Waals surface area contributed by atoms with Gasteiger partial charge in [-0.3, -0.25) is 15.0 Å². The zero-order chi connectivity index (χ0) is 18.8. The molecule has 1 aromatic carbocycles. The molecule has 2 heterocycles. The molecular formula is C17H19N4O4S-. The second-order valence-corrected chi connectivity index (χ2v) is 7.31. The summed E-state index contributed by atoms with van der Waals surface area (Å²) in [4.78, 5) is 28.9. The second kappa shape index (κ2) is 7.40. The number of benzene rings is 1. The number of carboxylic acids is 1. The summed E-state index contributed by atoms with van der Waals surface area (Å²) in [6, 6.07) is 7.11.